The molecule has 0 bridgehead atoms. The average Bonchev–Trinajstić information content (AvgIpc) is 3.25. The van der Waals surface area contributed by atoms with Gasteiger partial charge in [0.15, 0.2) is 9.84 Å². The Morgan fingerprint density at radius 1 is 1.22 bits per heavy atom. The number of fused-ring (bicyclic) bond motifs is 1. The van der Waals surface area contributed by atoms with Gasteiger partial charge in [0.25, 0.3) is 5.56 Å². The predicted octanol–water partition coefficient (Wildman–Crippen LogP) is 3.33. The fraction of sp³-hybridized carbons (Fsp3) is 0.316. The van der Waals surface area contributed by atoms with Crippen LogP contribution in [0.15, 0.2) is 45.5 Å². The highest BCUT2D eigenvalue weighted by Gasteiger charge is 2.27. The number of aromatic nitrogens is 1. The van der Waals surface area contributed by atoms with Gasteiger partial charge in [-0.15, -0.1) is 11.3 Å². The van der Waals surface area contributed by atoms with Crippen LogP contribution in [0.25, 0.3) is 10.8 Å². The molecule has 2 atom stereocenters. The first-order chi connectivity index (χ1) is 12.8. The molecule has 0 saturated heterocycles. The maximum Gasteiger partial charge on any atom is 0.255 e. The van der Waals surface area contributed by atoms with Crippen LogP contribution in [0.3, 0.4) is 0 Å². The van der Waals surface area contributed by atoms with Crippen LogP contribution in [0, 0.1) is 5.82 Å². The summed E-state index contributed by atoms with van der Waals surface area (Å²) in [5.41, 5.74) is -0.408. The van der Waals surface area contributed by atoms with Gasteiger partial charge in [0.05, 0.1) is 11.9 Å². The van der Waals surface area contributed by atoms with E-state index in [0.717, 1.165) is 17.7 Å². The number of hydrogen-bond acceptors (Lipinski definition) is 5. The van der Waals surface area contributed by atoms with Crippen molar-refractivity contribution in [1.29, 1.82) is 0 Å². The number of H-pyrrole nitrogens is 1. The van der Waals surface area contributed by atoms with Crippen molar-refractivity contribution in [3.8, 4) is 0 Å². The van der Waals surface area contributed by atoms with Crippen LogP contribution in [0.4, 0.5) is 4.39 Å². The number of sulfone groups is 1. The normalized spacial score (nSPS) is 20.4. The number of aliphatic hydroxyl groups is 1. The highest BCUT2D eigenvalue weighted by molar-refractivity contribution is 7.92. The second-order valence-corrected chi connectivity index (χ2v) is 10.2. The summed E-state index contributed by atoms with van der Waals surface area (Å²) in [7, 11) is -3.74. The lowest BCUT2D eigenvalue weighted by Crippen LogP contribution is -2.09. The molecule has 0 aliphatic heterocycles. The minimum atomic E-state index is -3.74. The fourth-order valence-electron chi connectivity index (χ4n) is 3.58. The zero-order valence-electron chi connectivity index (χ0n) is 14.3. The fourth-order valence-corrected chi connectivity index (χ4v) is 6.48. The van der Waals surface area contributed by atoms with E-state index in [1.54, 1.807) is 18.2 Å². The second-order valence-electron chi connectivity index (χ2n) is 6.92. The van der Waals surface area contributed by atoms with E-state index in [1.165, 1.54) is 29.7 Å². The Balaban J connectivity index is 1.65. The number of benzene rings is 1. The predicted molar refractivity (Wildman–Crippen MR) is 102 cm³/mol. The molecule has 1 fully saturated rings. The Hall–Kier alpha value is -2.03. The molecule has 3 aromatic rings. The van der Waals surface area contributed by atoms with Crippen molar-refractivity contribution in [2.45, 2.75) is 41.2 Å². The highest BCUT2D eigenvalue weighted by Crippen LogP contribution is 2.39. The maximum atomic E-state index is 14.4. The van der Waals surface area contributed by atoms with Crippen LogP contribution < -0.4 is 5.56 Å². The van der Waals surface area contributed by atoms with Gasteiger partial charge >= 0.3 is 0 Å². The third-order valence-corrected chi connectivity index (χ3v) is 8.50. The highest BCUT2D eigenvalue weighted by atomic mass is 32.2. The summed E-state index contributed by atoms with van der Waals surface area (Å²) in [6.45, 7) is 0. The van der Waals surface area contributed by atoms with E-state index in [1.807, 2.05) is 0 Å². The number of thiophene rings is 1. The molecular weight excluding hydrogens is 389 g/mol. The van der Waals surface area contributed by atoms with E-state index in [2.05, 4.69) is 4.98 Å². The third-order valence-electron chi connectivity index (χ3n) is 5.00. The standard InChI is InChI=1S/C19H18FNO4S2/c20-16-9-11-5-6-21-19(23)15(11)8-13(16)10-27(24,25)18-4-3-17(26-18)12-1-2-14(22)7-12/h3-6,8-9,12,14,22H,1-2,7,10H2,(H,21,23)/t12-,14-/m1/s1. The van der Waals surface area contributed by atoms with Gasteiger partial charge < -0.3 is 10.1 Å². The summed E-state index contributed by atoms with van der Waals surface area (Å²) in [6, 6.07) is 7.39. The van der Waals surface area contributed by atoms with Crippen LogP contribution in [0.1, 0.15) is 35.6 Å². The molecule has 0 unspecified atom stereocenters. The minimum absolute atomic E-state index is 0.0227. The maximum absolute atomic E-state index is 14.4. The molecule has 4 rings (SSSR count). The average molecular weight is 407 g/mol. The van der Waals surface area contributed by atoms with Crippen LogP contribution in [0.2, 0.25) is 0 Å². The molecule has 0 amide bonds. The Morgan fingerprint density at radius 3 is 2.78 bits per heavy atom. The SMILES string of the molecule is O=c1[nH]ccc2cc(F)c(CS(=O)(=O)c3ccc([C@@H]4CC[C@@H](O)C4)s3)cc12. The van der Waals surface area contributed by atoms with Crippen molar-refractivity contribution in [3.63, 3.8) is 0 Å². The summed E-state index contributed by atoms with van der Waals surface area (Å²) in [5, 5.41) is 10.4. The molecule has 0 spiro atoms. The zero-order valence-corrected chi connectivity index (χ0v) is 15.9. The molecule has 8 heteroatoms. The van der Waals surface area contributed by atoms with Crippen LogP contribution >= 0.6 is 11.3 Å². The van der Waals surface area contributed by atoms with E-state index in [-0.39, 0.29) is 32.7 Å². The number of halogens is 1. The van der Waals surface area contributed by atoms with Gasteiger partial charge in [-0.3, -0.25) is 4.79 Å². The molecule has 2 heterocycles. The third kappa shape index (κ3) is 3.56. The van der Waals surface area contributed by atoms with Crippen molar-refractivity contribution < 1.29 is 17.9 Å². The molecule has 5 nitrogen and oxygen atoms in total. The van der Waals surface area contributed by atoms with Crippen molar-refractivity contribution in [1.82, 2.24) is 4.98 Å². The quantitative estimate of drug-likeness (QED) is 0.695. The van der Waals surface area contributed by atoms with Crippen LogP contribution in [0.5, 0.6) is 0 Å². The van der Waals surface area contributed by atoms with Crippen LogP contribution in [-0.4, -0.2) is 24.6 Å². The number of rotatable bonds is 4. The molecule has 142 valence electrons. The Morgan fingerprint density at radius 2 is 2.04 bits per heavy atom. The Kier molecular flexibility index (Phi) is 4.65. The van der Waals surface area contributed by atoms with Gasteiger partial charge in [0.1, 0.15) is 10.0 Å². The summed E-state index contributed by atoms with van der Waals surface area (Å²) in [6.07, 6.45) is 3.29. The first-order valence-corrected chi connectivity index (χ1v) is 11.1. The number of hydrogen-bond donors (Lipinski definition) is 2. The van der Waals surface area contributed by atoms with Crippen LogP contribution in [-0.2, 0) is 15.6 Å². The molecule has 27 heavy (non-hydrogen) atoms. The molecule has 1 aliphatic rings. The van der Waals surface area contributed by atoms with E-state index >= 15 is 0 Å². The molecule has 1 aromatic carbocycles. The van der Waals surface area contributed by atoms with Gasteiger partial charge in [-0.2, -0.15) is 0 Å². The summed E-state index contributed by atoms with van der Waals surface area (Å²) in [5.74, 6) is -0.978. The molecular formula is C19H18FNO4S2. The lowest BCUT2D eigenvalue weighted by atomic mass is 10.1. The van der Waals surface area contributed by atoms with Gasteiger partial charge in [-0.1, -0.05) is 0 Å². The largest absolute Gasteiger partial charge is 0.393 e. The molecule has 0 radical (unpaired) electrons. The van der Waals surface area contributed by atoms with E-state index in [4.69, 9.17) is 0 Å². The lowest BCUT2D eigenvalue weighted by molar-refractivity contribution is 0.181. The summed E-state index contributed by atoms with van der Waals surface area (Å²) >= 11 is 1.18. The monoisotopic (exact) mass is 407 g/mol. The van der Waals surface area contributed by atoms with Gasteiger partial charge in [-0.25, -0.2) is 12.8 Å². The van der Waals surface area contributed by atoms with Crippen molar-refractivity contribution in [3.05, 3.63) is 63.1 Å². The topological polar surface area (TPSA) is 87.2 Å². The Labute approximate surface area is 159 Å². The van der Waals surface area contributed by atoms with E-state index in [9.17, 15) is 22.7 Å². The smallest absolute Gasteiger partial charge is 0.255 e. The molecule has 1 saturated carbocycles. The summed E-state index contributed by atoms with van der Waals surface area (Å²) < 4.78 is 40.1. The number of aliphatic hydroxyl groups excluding tert-OH is 1. The van der Waals surface area contributed by atoms with Crippen molar-refractivity contribution in [2.24, 2.45) is 0 Å². The van der Waals surface area contributed by atoms with Crippen molar-refractivity contribution >= 4 is 31.9 Å². The first-order valence-electron chi connectivity index (χ1n) is 8.64. The molecule has 2 N–H and O–H groups in total. The number of aromatic amines is 1. The van der Waals surface area contributed by atoms with Gasteiger partial charge in [-0.05, 0) is 60.9 Å². The minimum Gasteiger partial charge on any atom is -0.393 e. The summed E-state index contributed by atoms with van der Waals surface area (Å²) in [4.78, 5) is 15.3. The van der Waals surface area contributed by atoms with E-state index < -0.39 is 21.4 Å². The first kappa shape index (κ1) is 18.3. The molecule has 1 aliphatic carbocycles. The molecule has 2 aromatic heterocycles. The van der Waals surface area contributed by atoms with Gasteiger partial charge in [0, 0.05) is 22.0 Å². The van der Waals surface area contributed by atoms with E-state index in [0.29, 0.717) is 11.8 Å². The second kappa shape index (κ2) is 6.85. The van der Waals surface area contributed by atoms with Gasteiger partial charge in [0.2, 0.25) is 0 Å². The Bertz CT molecular complexity index is 1170. The lowest BCUT2D eigenvalue weighted by Gasteiger charge is -2.07. The number of nitrogens with one attached hydrogen (secondary N) is 1. The van der Waals surface area contributed by atoms with Crippen molar-refractivity contribution in [2.75, 3.05) is 0 Å². The number of pyridine rings is 1. The zero-order chi connectivity index (χ0) is 19.2.